The first-order valence-corrected chi connectivity index (χ1v) is 5.80. The summed E-state index contributed by atoms with van der Waals surface area (Å²) in [6.45, 7) is 3.05. The van der Waals surface area contributed by atoms with Crippen LogP contribution in [0.5, 0.6) is 0 Å². The second-order valence-corrected chi connectivity index (χ2v) is 3.91. The van der Waals surface area contributed by atoms with Gasteiger partial charge in [-0.1, -0.05) is 37.3 Å². The fourth-order valence-corrected chi connectivity index (χ4v) is 1.67. The molecule has 84 valence electrons. The van der Waals surface area contributed by atoms with Crippen molar-refractivity contribution in [2.75, 3.05) is 0 Å². The van der Waals surface area contributed by atoms with E-state index in [0.717, 1.165) is 31.6 Å². The van der Waals surface area contributed by atoms with Crippen LogP contribution in [0.2, 0.25) is 0 Å². The summed E-state index contributed by atoms with van der Waals surface area (Å²) in [7, 11) is 0. The van der Waals surface area contributed by atoms with E-state index in [4.69, 9.17) is 0 Å². The molecule has 0 spiro atoms. The summed E-state index contributed by atoms with van der Waals surface area (Å²) in [6.07, 6.45) is 4.91. The lowest BCUT2D eigenvalue weighted by Gasteiger charge is -2.00. The summed E-state index contributed by atoms with van der Waals surface area (Å²) >= 11 is 0. The molecule has 0 aliphatic heterocycles. The largest absolute Gasteiger partial charge is 0.252 e. The second-order valence-electron chi connectivity index (χ2n) is 3.91. The van der Waals surface area contributed by atoms with E-state index in [-0.39, 0.29) is 0 Å². The third kappa shape index (κ3) is 2.92. The van der Waals surface area contributed by atoms with Gasteiger partial charge in [-0.3, -0.25) is 4.68 Å². The fraction of sp³-hybridized carbons (Fsp3) is 0.385. The number of hydrogen-bond acceptors (Lipinski definition) is 2. The molecule has 0 radical (unpaired) electrons. The molecule has 0 saturated carbocycles. The average molecular weight is 215 g/mol. The van der Waals surface area contributed by atoms with E-state index in [0.29, 0.717) is 0 Å². The van der Waals surface area contributed by atoms with Gasteiger partial charge in [0.05, 0.1) is 0 Å². The molecule has 1 aromatic carbocycles. The Balaban J connectivity index is 1.89. The van der Waals surface area contributed by atoms with Crippen LogP contribution in [-0.4, -0.2) is 14.8 Å². The van der Waals surface area contributed by atoms with Gasteiger partial charge in [0.15, 0.2) is 5.82 Å². The maximum atomic E-state index is 4.42. The molecule has 0 aliphatic rings. The highest BCUT2D eigenvalue weighted by atomic mass is 15.3. The van der Waals surface area contributed by atoms with Crippen LogP contribution in [0, 0.1) is 0 Å². The van der Waals surface area contributed by atoms with Crippen molar-refractivity contribution in [3.63, 3.8) is 0 Å². The molecule has 2 rings (SSSR count). The van der Waals surface area contributed by atoms with Crippen molar-refractivity contribution in [1.29, 1.82) is 0 Å². The minimum absolute atomic E-state index is 0.903. The van der Waals surface area contributed by atoms with Crippen LogP contribution >= 0.6 is 0 Å². The zero-order valence-corrected chi connectivity index (χ0v) is 9.63. The van der Waals surface area contributed by atoms with Gasteiger partial charge in [-0.2, -0.15) is 5.10 Å². The van der Waals surface area contributed by atoms with Crippen molar-refractivity contribution < 1.29 is 0 Å². The lowest BCUT2D eigenvalue weighted by molar-refractivity contribution is 0.603. The highest BCUT2D eigenvalue weighted by Crippen LogP contribution is 2.01. The van der Waals surface area contributed by atoms with E-state index in [1.54, 1.807) is 0 Å². The highest BCUT2D eigenvalue weighted by molar-refractivity contribution is 5.14. The van der Waals surface area contributed by atoms with Crippen molar-refractivity contribution in [3.8, 4) is 0 Å². The number of nitrogens with zero attached hydrogens (tertiary/aromatic N) is 3. The van der Waals surface area contributed by atoms with Gasteiger partial charge in [-0.15, -0.1) is 0 Å². The van der Waals surface area contributed by atoms with Crippen molar-refractivity contribution in [3.05, 3.63) is 48.0 Å². The second kappa shape index (κ2) is 5.45. The monoisotopic (exact) mass is 215 g/mol. The lowest BCUT2D eigenvalue weighted by atomic mass is 10.2. The first-order valence-electron chi connectivity index (χ1n) is 5.80. The molecule has 1 aromatic heterocycles. The fourth-order valence-electron chi connectivity index (χ4n) is 1.67. The summed E-state index contributed by atoms with van der Waals surface area (Å²) in [4.78, 5) is 4.27. The van der Waals surface area contributed by atoms with Crippen molar-refractivity contribution >= 4 is 0 Å². The maximum absolute atomic E-state index is 4.42. The molecule has 0 atom stereocenters. The SMILES string of the molecule is CCCc1ncn(CCc2ccccc2)n1. The van der Waals surface area contributed by atoms with Gasteiger partial charge < -0.3 is 0 Å². The van der Waals surface area contributed by atoms with E-state index in [2.05, 4.69) is 41.3 Å². The average Bonchev–Trinajstić information content (AvgIpc) is 2.76. The minimum atomic E-state index is 0.903. The van der Waals surface area contributed by atoms with Gasteiger partial charge in [-0.25, -0.2) is 4.98 Å². The molecule has 0 aliphatic carbocycles. The molecule has 1 heterocycles. The summed E-state index contributed by atoms with van der Waals surface area (Å²) in [5, 5.41) is 4.42. The molecular weight excluding hydrogens is 198 g/mol. The molecule has 3 nitrogen and oxygen atoms in total. The smallest absolute Gasteiger partial charge is 0.150 e. The van der Waals surface area contributed by atoms with E-state index in [1.807, 2.05) is 17.1 Å². The van der Waals surface area contributed by atoms with Gasteiger partial charge in [0, 0.05) is 13.0 Å². The van der Waals surface area contributed by atoms with Crippen molar-refractivity contribution in [2.45, 2.75) is 32.7 Å². The lowest BCUT2D eigenvalue weighted by Crippen LogP contribution is -2.02. The summed E-state index contributed by atoms with van der Waals surface area (Å²) in [6, 6.07) is 10.5. The molecule has 0 unspecified atom stereocenters. The van der Waals surface area contributed by atoms with Crippen LogP contribution in [0.3, 0.4) is 0 Å². The van der Waals surface area contributed by atoms with Crippen LogP contribution in [0.1, 0.15) is 24.7 Å². The molecule has 0 fully saturated rings. The topological polar surface area (TPSA) is 30.7 Å². The number of rotatable bonds is 5. The standard InChI is InChI=1S/C13H17N3/c1-2-6-13-14-11-16(15-13)10-9-12-7-4-3-5-8-12/h3-5,7-8,11H,2,6,9-10H2,1H3. The molecule has 2 aromatic rings. The van der Waals surface area contributed by atoms with E-state index in [9.17, 15) is 0 Å². The Morgan fingerprint density at radius 1 is 1.12 bits per heavy atom. The Morgan fingerprint density at radius 2 is 1.94 bits per heavy atom. The third-order valence-electron chi connectivity index (χ3n) is 2.53. The zero-order valence-electron chi connectivity index (χ0n) is 9.63. The highest BCUT2D eigenvalue weighted by Gasteiger charge is 1.99. The van der Waals surface area contributed by atoms with Gasteiger partial charge in [0.2, 0.25) is 0 Å². The summed E-state index contributed by atoms with van der Waals surface area (Å²) < 4.78 is 1.93. The van der Waals surface area contributed by atoms with Gasteiger partial charge in [0.25, 0.3) is 0 Å². The van der Waals surface area contributed by atoms with Crippen molar-refractivity contribution in [2.24, 2.45) is 0 Å². The Hall–Kier alpha value is -1.64. The number of aromatic nitrogens is 3. The zero-order chi connectivity index (χ0) is 11.2. The number of hydrogen-bond donors (Lipinski definition) is 0. The predicted molar refractivity (Wildman–Crippen MR) is 64.2 cm³/mol. The first-order chi connectivity index (χ1) is 7.88. The van der Waals surface area contributed by atoms with Crippen LogP contribution in [0.15, 0.2) is 36.7 Å². The Labute approximate surface area is 96.1 Å². The maximum Gasteiger partial charge on any atom is 0.150 e. The molecule has 16 heavy (non-hydrogen) atoms. The molecule has 3 heteroatoms. The summed E-state index contributed by atoms with van der Waals surface area (Å²) in [5.41, 5.74) is 1.34. The van der Waals surface area contributed by atoms with Gasteiger partial charge >= 0.3 is 0 Å². The van der Waals surface area contributed by atoms with Crippen LogP contribution in [0.25, 0.3) is 0 Å². The molecular formula is C13H17N3. The van der Waals surface area contributed by atoms with E-state index >= 15 is 0 Å². The van der Waals surface area contributed by atoms with E-state index in [1.165, 1.54) is 5.56 Å². The normalized spacial score (nSPS) is 10.6. The molecule has 0 saturated heterocycles. The predicted octanol–water partition coefficient (Wildman–Crippen LogP) is 2.47. The van der Waals surface area contributed by atoms with Gasteiger partial charge in [0.1, 0.15) is 6.33 Å². The Bertz CT molecular complexity index is 420. The molecule has 0 amide bonds. The number of aryl methyl sites for hydroxylation is 3. The molecule has 0 bridgehead atoms. The first kappa shape index (κ1) is 10.9. The quantitative estimate of drug-likeness (QED) is 0.767. The summed E-state index contributed by atoms with van der Waals surface area (Å²) in [5.74, 6) is 0.954. The Morgan fingerprint density at radius 3 is 2.69 bits per heavy atom. The van der Waals surface area contributed by atoms with Crippen LogP contribution < -0.4 is 0 Å². The van der Waals surface area contributed by atoms with Crippen LogP contribution in [-0.2, 0) is 19.4 Å². The number of benzene rings is 1. The van der Waals surface area contributed by atoms with Gasteiger partial charge in [-0.05, 0) is 18.4 Å². The van der Waals surface area contributed by atoms with Crippen LogP contribution in [0.4, 0.5) is 0 Å². The third-order valence-corrected chi connectivity index (χ3v) is 2.53. The molecule has 0 N–H and O–H groups in total. The Kier molecular flexibility index (Phi) is 3.70. The van der Waals surface area contributed by atoms with Crippen molar-refractivity contribution in [1.82, 2.24) is 14.8 Å². The van der Waals surface area contributed by atoms with E-state index < -0.39 is 0 Å². The minimum Gasteiger partial charge on any atom is -0.252 e.